The molecule has 0 aliphatic rings. The van der Waals surface area contributed by atoms with Gasteiger partial charge in [0.05, 0.1) is 13.2 Å². The fraction of sp³-hybridized carbons (Fsp3) is 0.462. The monoisotopic (exact) mass is 221 g/mol. The van der Waals surface area contributed by atoms with Crippen molar-refractivity contribution in [1.82, 2.24) is 5.32 Å². The van der Waals surface area contributed by atoms with Gasteiger partial charge in [-0.2, -0.15) is 0 Å². The number of aldehydes is 1. The molecule has 1 unspecified atom stereocenters. The molecule has 3 heteroatoms. The first-order valence-electron chi connectivity index (χ1n) is 5.61. The van der Waals surface area contributed by atoms with Gasteiger partial charge in [-0.25, -0.2) is 0 Å². The van der Waals surface area contributed by atoms with Crippen LogP contribution in [0.5, 0.6) is 5.75 Å². The van der Waals surface area contributed by atoms with Crippen LogP contribution in [-0.4, -0.2) is 26.0 Å². The minimum Gasteiger partial charge on any atom is -0.497 e. The summed E-state index contributed by atoms with van der Waals surface area (Å²) in [7, 11) is 1.64. The molecule has 0 saturated carbocycles. The lowest BCUT2D eigenvalue weighted by Crippen LogP contribution is -2.33. The average molecular weight is 221 g/mol. The van der Waals surface area contributed by atoms with Gasteiger partial charge in [-0.3, -0.25) is 0 Å². The molecule has 1 aromatic rings. The zero-order valence-electron chi connectivity index (χ0n) is 9.90. The molecule has 0 bridgehead atoms. The number of rotatable bonds is 7. The molecule has 0 aliphatic carbocycles. The molecule has 0 heterocycles. The van der Waals surface area contributed by atoms with Crippen LogP contribution in [-0.2, 0) is 11.2 Å². The van der Waals surface area contributed by atoms with Crippen LogP contribution in [0.4, 0.5) is 0 Å². The predicted octanol–water partition coefficient (Wildman–Crippen LogP) is 1.80. The summed E-state index contributed by atoms with van der Waals surface area (Å²) in [6.45, 7) is 2.96. The third kappa shape index (κ3) is 4.03. The maximum Gasteiger partial charge on any atom is 0.137 e. The Morgan fingerprint density at radius 1 is 1.38 bits per heavy atom. The van der Waals surface area contributed by atoms with Crippen LogP contribution < -0.4 is 10.1 Å². The van der Waals surface area contributed by atoms with E-state index in [2.05, 4.69) is 12.2 Å². The third-order valence-electron chi connectivity index (χ3n) is 2.44. The Bertz CT molecular complexity index is 308. The molecule has 3 nitrogen and oxygen atoms in total. The quantitative estimate of drug-likeness (QED) is 0.714. The average Bonchev–Trinajstić information content (AvgIpc) is 2.35. The van der Waals surface area contributed by atoms with Gasteiger partial charge in [0.25, 0.3) is 0 Å². The summed E-state index contributed by atoms with van der Waals surface area (Å²) in [5, 5.41) is 3.20. The van der Waals surface area contributed by atoms with Crippen molar-refractivity contribution in [2.75, 3.05) is 13.7 Å². The lowest BCUT2D eigenvalue weighted by molar-refractivity contribution is -0.109. The summed E-state index contributed by atoms with van der Waals surface area (Å²) >= 11 is 0. The number of methoxy groups -OCH3 is 1. The molecule has 88 valence electrons. The van der Waals surface area contributed by atoms with Crippen LogP contribution in [0.15, 0.2) is 24.3 Å². The number of hydrogen-bond acceptors (Lipinski definition) is 3. The summed E-state index contributed by atoms with van der Waals surface area (Å²) in [6.07, 6.45) is 2.74. The zero-order valence-corrected chi connectivity index (χ0v) is 9.90. The van der Waals surface area contributed by atoms with Gasteiger partial charge in [-0.05, 0) is 37.1 Å². The van der Waals surface area contributed by atoms with E-state index in [1.54, 1.807) is 7.11 Å². The second-order valence-corrected chi connectivity index (χ2v) is 3.75. The topological polar surface area (TPSA) is 38.3 Å². The number of benzene rings is 1. The number of carbonyl (C=O) groups is 1. The van der Waals surface area contributed by atoms with E-state index < -0.39 is 0 Å². The van der Waals surface area contributed by atoms with Crippen molar-refractivity contribution in [3.63, 3.8) is 0 Å². The van der Waals surface area contributed by atoms with Gasteiger partial charge in [-0.1, -0.05) is 19.1 Å². The van der Waals surface area contributed by atoms with E-state index in [1.807, 2.05) is 24.3 Å². The first kappa shape index (κ1) is 12.7. The van der Waals surface area contributed by atoms with Crippen molar-refractivity contribution in [2.45, 2.75) is 25.8 Å². The minimum absolute atomic E-state index is 0.0895. The molecule has 1 rings (SSSR count). The summed E-state index contributed by atoms with van der Waals surface area (Å²) in [4.78, 5) is 10.9. The highest BCUT2D eigenvalue weighted by Crippen LogP contribution is 2.12. The minimum atomic E-state index is -0.0895. The third-order valence-corrected chi connectivity index (χ3v) is 2.44. The Labute approximate surface area is 96.8 Å². The molecule has 0 aromatic heterocycles. The van der Waals surface area contributed by atoms with Gasteiger partial charge in [0.15, 0.2) is 0 Å². The summed E-state index contributed by atoms with van der Waals surface area (Å²) < 4.78 is 5.08. The summed E-state index contributed by atoms with van der Waals surface area (Å²) in [5.74, 6) is 0.841. The van der Waals surface area contributed by atoms with E-state index in [9.17, 15) is 4.79 Å². The number of carbonyl (C=O) groups excluding carboxylic acids is 1. The van der Waals surface area contributed by atoms with Crippen LogP contribution in [0, 0.1) is 0 Å². The lowest BCUT2D eigenvalue weighted by Gasteiger charge is -2.12. The number of hydrogen-bond donors (Lipinski definition) is 1. The van der Waals surface area contributed by atoms with Crippen LogP contribution in [0.1, 0.15) is 18.9 Å². The lowest BCUT2D eigenvalue weighted by atomic mass is 10.1. The summed E-state index contributed by atoms with van der Waals surface area (Å²) in [6, 6.07) is 7.72. The standard InChI is InChI=1S/C13H19NO2/c1-3-8-14-12(10-15)9-11-4-6-13(16-2)7-5-11/h4-7,10,12,14H,3,8-9H2,1-2H3. The Kier molecular flexibility index (Phi) is 5.57. The molecule has 0 fully saturated rings. The molecular formula is C13H19NO2. The molecule has 0 aliphatic heterocycles. The molecule has 0 saturated heterocycles. The van der Waals surface area contributed by atoms with Crippen LogP contribution in [0.2, 0.25) is 0 Å². The highest BCUT2D eigenvalue weighted by atomic mass is 16.5. The zero-order chi connectivity index (χ0) is 11.8. The normalized spacial score (nSPS) is 12.1. The van der Waals surface area contributed by atoms with E-state index in [1.165, 1.54) is 0 Å². The Balaban J connectivity index is 2.52. The van der Waals surface area contributed by atoms with Gasteiger partial charge in [0.2, 0.25) is 0 Å². The molecule has 0 amide bonds. The SMILES string of the molecule is CCCNC(C=O)Cc1ccc(OC)cc1. The molecule has 0 radical (unpaired) electrons. The first-order chi connectivity index (χ1) is 7.80. The Hall–Kier alpha value is -1.35. The van der Waals surface area contributed by atoms with Gasteiger partial charge in [0.1, 0.15) is 12.0 Å². The molecule has 16 heavy (non-hydrogen) atoms. The smallest absolute Gasteiger partial charge is 0.137 e. The highest BCUT2D eigenvalue weighted by molar-refractivity contribution is 5.58. The van der Waals surface area contributed by atoms with Crippen molar-refractivity contribution in [3.8, 4) is 5.75 Å². The first-order valence-corrected chi connectivity index (χ1v) is 5.61. The number of ether oxygens (including phenoxy) is 1. The van der Waals surface area contributed by atoms with E-state index >= 15 is 0 Å². The Morgan fingerprint density at radius 3 is 2.56 bits per heavy atom. The van der Waals surface area contributed by atoms with Gasteiger partial charge >= 0.3 is 0 Å². The van der Waals surface area contributed by atoms with E-state index in [0.717, 1.165) is 37.0 Å². The van der Waals surface area contributed by atoms with E-state index in [0.29, 0.717) is 0 Å². The maximum absolute atomic E-state index is 10.9. The second-order valence-electron chi connectivity index (χ2n) is 3.75. The molecule has 1 aromatic carbocycles. The van der Waals surface area contributed by atoms with Crippen LogP contribution in [0.3, 0.4) is 0 Å². The molecule has 0 spiro atoms. The van der Waals surface area contributed by atoms with Gasteiger partial charge < -0.3 is 14.8 Å². The Morgan fingerprint density at radius 2 is 2.06 bits per heavy atom. The predicted molar refractivity (Wildman–Crippen MR) is 64.8 cm³/mol. The van der Waals surface area contributed by atoms with E-state index in [-0.39, 0.29) is 6.04 Å². The van der Waals surface area contributed by atoms with Crippen LogP contribution in [0.25, 0.3) is 0 Å². The summed E-state index contributed by atoms with van der Waals surface area (Å²) in [5.41, 5.74) is 1.14. The molecular weight excluding hydrogens is 202 g/mol. The molecule has 1 N–H and O–H groups in total. The van der Waals surface area contributed by atoms with Crippen molar-refractivity contribution >= 4 is 6.29 Å². The van der Waals surface area contributed by atoms with E-state index in [4.69, 9.17) is 4.74 Å². The van der Waals surface area contributed by atoms with Crippen molar-refractivity contribution < 1.29 is 9.53 Å². The van der Waals surface area contributed by atoms with Gasteiger partial charge in [-0.15, -0.1) is 0 Å². The van der Waals surface area contributed by atoms with Crippen molar-refractivity contribution in [3.05, 3.63) is 29.8 Å². The maximum atomic E-state index is 10.9. The fourth-order valence-corrected chi connectivity index (χ4v) is 1.51. The largest absolute Gasteiger partial charge is 0.497 e. The highest BCUT2D eigenvalue weighted by Gasteiger charge is 2.06. The van der Waals surface area contributed by atoms with Crippen molar-refractivity contribution in [2.24, 2.45) is 0 Å². The van der Waals surface area contributed by atoms with Crippen molar-refractivity contribution in [1.29, 1.82) is 0 Å². The number of nitrogens with one attached hydrogen (secondary N) is 1. The molecule has 1 atom stereocenters. The second kappa shape index (κ2) is 7.01. The van der Waals surface area contributed by atoms with Crippen LogP contribution >= 0.6 is 0 Å². The fourth-order valence-electron chi connectivity index (χ4n) is 1.51. The van der Waals surface area contributed by atoms with Gasteiger partial charge in [0, 0.05) is 0 Å².